The number of nitro groups is 1. The molecular formula is C13H10N2O3S. The van der Waals surface area contributed by atoms with Crippen LogP contribution in [0.1, 0.15) is 0 Å². The van der Waals surface area contributed by atoms with Crippen LogP contribution in [0.4, 0.5) is 5.69 Å². The zero-order valence-corrected chi connectivity index (χ0v) is 10.9. The van der Waals surface area contributed by atoms with Crippen molar-refractivity contribution in [2.75, 3.05) is 7.11 Å². The lowest BCUT2D eigenvalue weighted by atomic mass is 10.2. The summed E-state index contributed by atoms with van der Waals surface area (Å²) in [5, 5.41) is 13.6. The Morgan fingerprint density at radius 3 is 2.84 bits per heavy atom. The number of ether oxygens (including phenoxy) is 1. The Hall–Kier alpha value is -2.34. The number of nitrogens with one attached hydrogen (secondary N) is 1. The fraction of sp³-hybridized carbons (Fsp3) is 0.0769. The SMILES string of the molecule is COc1cc([N+](=O)[O-])cc2cc(-c3cccs3)[nH]c12. The minimum Gasteiger partial charge on any atom is -0.494 e. The molecule has 19 heavy (non-hydrogen) atoms. The maximum Gasteiger partial charge on any atom is 0.273 e. The highest BCUT2D eigenvalue weighted by Gasteiger charge is 2.15. The Labute approximate surface area is 112 Å². The monoisotopic (exact) mass is 274 g/mol. The molecule has 6 heteroatoms. The number of non-ortho nitro benzene ring substituents is 1. The maximum absolute atomic E-state index is 10.9. The third kappa shape index (κ3) is 1.96. The molecular weight excluding hydrogens is 264 g/mol. The van der Waals surface area contributed by atoms with E-state index in [0.717, 1.165) is 21.5 Å². The number of hydrogen-bond acceptors (Lipinski definition) is 4. The molecule has 0 aliphatic heterocycles. The molecule has 3 rings (SSSR count). The molecule has 96 valence electrons. The van der Waals surface area contributed by atoms with Crippen molar-refractivity contribution in [3.63, 3.8) is 0 Å². The molecule has 0 atom stereocenters. The number of methoxy groups -OCH3 is 1. The quantitative estimate of drug-likeness (QED) is 0.583. The van der Waals surface area contributed by atoms with E-state index in [1.165, 1.54) is 13.2 Å². The van der Waals surface area contributed by atoms with Crippen molar-refractivity contribution in [2.24, 2.45) is 0 Å². The van der Waals surface area contributed by atoms with Crippen molar-refractivity contribution in [3.05, 3.63) is 45.8 Å². The lowest BCUT2D eigenvalue weighted by Crippen LogP contribution is -1.90. The lowest BCUT2D eigenvalue weighted by Gasteiger charge is -2.01. The molecule has 5 nitrogen and oxygen atoms in total. The summed E-state index contributed by atoms with van der Waals surface area (Å²) in [5.74, 6) is 0.479. The zero-order valence-electron chi connectivity index (χ0n) is 10.0. The van der Waals surface area contributed by atoms with Crippen molar-refractivity contribution in [3.8, 4) is 16.3 Å². The van der Waals surface area contributed by atoms with Gasteiger partial charge in [0.1, 0.15) is 5.75 Å². The number of rotatable bonds is 3. The molecule has 1 aromatic carbocycles. The van der Waals surface area contributed by atoms with E-state index < -0.39 is 4.92 Å². The molecule has 0 bridgehead atoms. The average molecular weight is 274 g/mol. The molecule has 2 heterocycles. The fourth-order valence-electron chi connectivity index (χ4n) is 2.03. The van der Waals surface area contributed by atoms with Crippen LogP contribution in [0, 0.1) is 10.1 Å². The Morgan fingerprint density at radius 2 is 2.21 bits per heavy atom. The van der Waals surface area contributed by atoms with Crippen molar-refractivity contribution < 1.29 is 9.66 Å². The largest absolute Gasteiger partial charge is 0.494 e. The van der Waals surface area contributed by atoms with Crippen LogP contribution >= 0.6 is 11.3 Å². The normalized spacial score (nSPS) is 10.8. The first-order valence-electron chi connectivity index (χ1n) is 5.58. The van der Waals surface area contributed by atoms with E-state index in [4.69, 9.17) is 4.74 Å². The van der Waals surface area contributed by atoms with E-state index in [9.17, 15) is 10.1 Å². The van der Waals surface area contributed by atoms with Gasteiger partial charge in [-0.15, -0.1) is 11.3 Å². The van der Waals surface area contributed by atoms with Crippen molar-refractivity contribution in [2.45, 2.75) is 0 Å². The van der Waals surface area contributed by atoms with Gasteiger partial charge in [-0.2, -0.15) is 0 Å². The molecule has 0 fully saturated rings. The number of nitrogens with zero attached hydrogens (tertiary/aromatic N) is 1. The summed E-state index contributed by atoms with van der Waals surface area (Å²) in [7, 11) is 1.50. The van der Waals surface area contributed by atoms with Crippen LogP contribution < -0.4 is 4.74 Å². The van der Waals surface area contributed by atoms with E-state index in [0.29, 0.717) is 5.75 Å². The summed E-state index contributed by atoms with van der Waals surface area (Å²) in [6.45, 7) is 0. The minimum atomic E-state index is -0.417. The second-order valence-electron chi connectivity index (χ2n) is 4.03. The van der Waals surface area contributed by atoms with Gasteiger partial charge >= 0.3 is 0 Å². The highest BCUT2D eigenvalue weighted by Crippen LogP contribution is 2.34. The van der Waals surface area contributed by atoms with Crippen molar-refractivity contribution >= 4 is 27.9 Å². The van der Waals surface area contributed by atoms with Gasteiger partial charge < -0.3 is 9.72 Å². The van der Waals surface area contributed by atoms with Crippen molar-refractivity contribution in [1.29, 1.82) is 0 Å². The minimum absolute atomic E-state index is 0.0288. The van der Waals surface area contributed by atoms with Crippen LogP contribution in [0.2, 0.25) is 0 Å². The standard InChI is InChI=1S/C13H10N2O3S/c1-18-11-7-9(15(16)17)5-8-6-10(14-13(8)11)12-3-2-4-19-12/h2-7,14H,1H3. The molecule has 0 amide bonds. The highest BCUT2D eigenvalue weighted by atomic mass is 32.1. The fourth-order valence-corrected chi connectivity index (χ4v) is 2.72. The Balaban J connectivity index is 2.24. The third-order valence-electron chi connectivity index (χ3n) is 2.89. The summed E-state index contributed by atoms with van der Waals surface area (Å²) < 4.78 is 5.22. The molecule has 2 aromatic heterocycles. The van der Waals surface area contributed by atoms with Crippen LogP contribution in [-0.2, 0) is 0 Å². The molecule has 0 radical (unpaired) electrons. The Morgan fingerprint density at radius 1 is 1.37 bits per heavy atom. The van der Waals surface area contributed by atoms with E-state index in [1.54, 1.807) is 17.4 Å². The molecule has 0 aliphatic rings. The summed E-state index contributed by atoms with van der Waals surface area (Å²) in [5.41, 5.74) is 1.74. The van der Waals surface area contributed by atoms with Crippen LogP contribution in [0.3, 0.4) is 0 Å². The van der Waals surface area contributed by atoms with Crippen LogP contribution in [0.5, 0.6) is 5.75 Å². The van der Waals surface area contributed by atoms with Crippen LogP contribution in [-0.4, -0.2) is 17.0 Å². The van der Waals surface area contributed by atoms with E-state index in [1.807, 2.05) is 23.6 Å². The maximum atomic E-state index is 10.9. The molecule has 0 saturated carbocycles. The van der Waals surface area contributed by atoms with Crippen molar-refractivity contribution in [1.82, 2.24) is 4.98 Å². The predicted octanol–water partition coefficient (Wildman–Crippen LogP) is 3.81. The summed E-state index contributed by atoms with van der Waals surface area (Å²) in [4.78, 5) is 14.8. The highest BCUT2D eigenvalue weighted by molar-refractivity contribution is 7.13. The molecule has 0 unspecified atom stereocenters. The van der Waals surface area contributed by atoms with Gasteiger partial charge in [0, 0.05) is 11.5 Å². The van der Waals surface area contributed by atoms with Gasteiger partial charge in [-0.3, -0.25) is 10.1 Å². The molecule has 0 spiro atoms. The number of aromatic amines is 1. The van der Waals surface area contributed by atoms with Gasteiger partial charge in [-0.1, -0.05) is 6.07 Å². The van der Waals surface area contributed by atoms with E-state index in [-0.39, 0.29) is 5.69 Å². The van der Waals surface area contributed by atoms with E-state index >= 15 is 0 Å². The number of fused-ring (bicyclic) bond motifs is 1. The number of hydrogen-bond donors (Lipinski definition) is 1. The third-order valence-corrected chi connectivity index (χ3v) is 3.80. The Bertz CT molecular complexity index is 747. The topological polar surface area (TPSA) is 68.2 Å². The first-order valence-corrected chi connectivity index (χ1v) is 6.46. The lowest BCUT2D eigenvalue weighted by molar-refractivity contribution is -0.384. The van der Waals surface area contributed by atoms with Gasteiger partial charge in [-0.05, 0) is 17.5 Å². The number of nitro benzene ring substituents is 1. The smallest absolute Gasteiger partial charge is 0.273 e. The van der Waals surface area contributed by atoms with Gasteiger partial charge in [0.25, 0.3) is 5.69 Å². The average Bonchev–Trinajstić information content (AvgIpc) is 3.05. The molecule has 1 N–H and O–H groups in total. The molecule has 0 saturated heterocycles. The van der Waals surface area contributed by atoms with E-state index in [2.05, 4.69) is 4.98 Å². The van der Waals surface area contributed by atoms with Crippen LogP contribution in [0.25, 0.3) is 21.5 Å². The number of H-pyrrole nitrogens is 1. The van der Waals surface area contributed by atoms with Gasteiger partial charge in [-0.25, -0.2) is 0 Å². The first kappa shape index (κ1) is 11.7. The second kappa shape index (κ2) is 4.40. The first-order chi connectivity index (χ1) is 9.19. The predicted molar refractivity (Wildman–Crippen MR) is 74.8 cm³/mol. The summed E-state index contributed by atoms with van der Waals surface area (Å²) in [6.07, 6.45) is 0. The second-order valence-corrected chi connectivity index (χ2v) is 4.98. The summed E-state index contributed by atoms with van der Waals surface area (Å²) >= 11 is 1.61. The summed E-state index contributed by atoms with van der Waals surface area (Å²) in [6, 6.07) is 8.83. The van der Waals surface area contributed by atoms with Crippen LogP contribution in [0.15, 0.2) is 35.7 Å². The number of thiophene rings is 1. The molecule has 3 aromatic rings. The Kier molecular flexibility index (Phi) is 2.72. The zero-order chi connectivity index (χ0) is 13.4. The van der Waals surface area contributed by atoms with Gasteiger partial charge in [0.05, 0.1) is 34.2 Å². The number of benzene rings is 1. The van der Waals surface area contributed by atoms with Gasteiger partial charge in [0.2, 0.25) is 0 Å². The number of aromatic nitrogens is 1. The molecule has 0 aliphatic carbocycles. The van der Waals surface area contributed by atoms with Gasteiger partial charge in [0.15, 0.2) is 0 Å².